The summed E-state index contributed by atoms with van der Waals surface area (Å²) in [5, 5.41) is 1.16. The highest BCUT2D eigenvalue weighted by Crippen LogP contribution is 2.41. The van der Waals surface area contributed by atoms with Crippen LogP contribution in [0.4, 0.5) is 0 Å². The van der Waals surface area contributed by atoms with Gasteiger partial charge < -0.3 is 0 Å². The maximum Gasteiger partial charge on any atom is 0.194 e. The Balaban J connectivity index is 2.39. The molecule has 0 heterocycles. The zero-order valence-electron chi connectivity index (χ0n) is 8.43. The third-order valence-corrected chi connectivity index (χ3v) is 4.10. The number of hydrogen-bond donors (Lipinski definition) is 0. The van der Waals surface area contributed by atoms with Crippen LogP contribution in [0.3, 0.4) is 0 Å². The van der Waals surface area contributed by atoms with E-state index in [-0.39, 0.29) is 5.78 Å². The van der Waals surface area contributed by atoms with Crippen LogP contribution in [0.25, 0.3) is 11.1 Å². The molecule has 0 N–H and O–H groups in total. The van der Waals surface area contributed by atoms with E-state index in [0.717, 1.165) is 14.7 Å². The normalized spacial score (nSPS) is 12.5. The van der Waals surface area contributed by atoms with Crippen molar-refractivity contribution in [2.45, 2.75) is 0 Å². The number of rotatable bonds is 0. The first kappa shape index (κ1) is 11.5. The van der Waals surface area contributed by atoms with Gasteiger partial charge in [-0.2, -0.15) is 0 Å². The van der Waals surface area contributed by atoms with Crippen molar-refractivity contribution in [3.63, 3.8) is 0 Å². The second-order valence-electron chi connectivity index (χ2n) is 3.83. The second kappa shape index (κ2) is 3.97. The number of carbonyl (C=O) groups excluding carboxylic acids is 1. The largest absolute Gasteiger partial charge is 0.289 e. The molecule has 0 bridgehead atoms. The molecule has 3 rings (SSSR count). The minimum absolute atomic E-state index is 0.00193. The molecule has 0 spiro atoms. The van der Waals surface area contributed by atoms with Gasteiger partial charge in [0.05, 0.1) is 0 Å². The van der Waals surface area contributed by atoms with Gasteiger partial charge in [0.15, 0.2) is 5.78 Å². The van der Waals surface area contributed by atoms with Crippen LogP contribution < -0.4 is 0 Å². The number of carbonyl (C=O) groups is 1. The second-order valence-corrected chi connectivity index (χ2v) is 5.86. The molecule has 0 aliphatic heterocycles. The van der Waals surface area contributed by atoms with E-state index in [2.05, 4.69) is 22.6 Å². The van der Waals surface area contributed by atoms with Crippen molar-refractivity contribution in [1.29, 1.82) is 0 Å². The summed E-state index contributed by atoms with van der Waals surface area (Å²) in [6.07, 6.45) is 0. The molecule has 1 aliphatic rings. The quantitative estimate of drug-likeness (QED) is 0.516. The van der Waals surface area contributed by atoms with Crippen LogP contribution in [0.1, 0.15) is 15.9 Å². The Hall–Kier alpha value is -0.580. The highest BCUT2D eigenvalue weighted by molar-refractivity contribution is 14.1. The molecule has 0 unspecified atom stereocenters. The molecule has 0 amide bonds. The van der Waals surface area contributed by atoms with Crippen molar-refractivity contribution in [1.82, 2.24) is 0 Å². The Labute approximate surface area is 122 Å². The minimum atomic E-state index is -0.00193. The summed E-state index contributed by atoms with van der Waals surface area (Å²) >= 11 is 14.1. The Kier molecular flexibility index (Phi) is 2.69. The predicted octanol–water partition coefficient (Wildman–Crippen LogP) is 4.81. The molecule has 0 radical (unpaired) electrons. The van der Waals surface area contributed by atoms with Gasteiger partial charge in [-0.15, -0.1) is 0 Å². The fourth-order valence-electron chi connectivity index (χ4n) is 2.09. The fraction of sp³-hybridized carbons (Fsp3) is 0. The van der Waals surface area contributed by atoms with Gasteiger partial charge in [0, 0.05) is 30.3 Å². The molecule has 0 aromatic heterocycles. The standard InChI is InChI=1S/C13H5Cl2IO/c14-6-1-2-8-9(3-6)13(17)10-4-7(15)5-11(16)12(8)10/h1-5H. The van der Waals surface area contributed by atoms with Crippen LogP contribution in [-0.4, -0.2) is 5.78 Å². The first-order chi connectivity index (χ1) is 8.08. The van der Waals surface area contributed by atoms with Gasteiger partial charge in [-0.05, 0) is 52.4 Å². The Bertz CT molecular complexity index is 665. The topological polar surface area (TPSA) is 17.1 Å². The summed E-state index contributed by atoms with van der Waals surface area (Å²) in [5.74, 6) is -0.00193. The van der Waals surface area contributed by atoms with Crippen molar-refractivity contribution < 1.29 is 4.79 Å². The zero-order valence-corrected chi connectivity index (χ0v) is 12.1. The molecular weight excluding hydrogens is 370 g/mol. The van der Waals surface area contributed by atoms with Crippen molar-refractivity contribution >= 4 is 51.6 Å². The van der Waals surface area contributed by atoms with Crippen molar-refractivity contribution in [2.24, 2.45) is 0 Å². The molecule has 4 heteroatoms. The highest BCUT2D eigenvalue weighted by atomic mass is 127. The summed E-state index contributed by atoms with van der Waals surface area (Å²) in [7, 11) is 0. The Morgan fingerprint density at radius 3 is 2.35 bits per heavy atom. The SMILES string of the molecule is O=C1c2cc(Cl)ccc2-c2c(I)cc(Cl)cc21. The molecule has 84 valence electrons. The summed E-state index contributed by atoms with van der Waals surface area (Å²) < 4.78 is 0.986. The number of benzene rings is 2. The lowest BCUT2D eigenvalue weighted by molar-refractivity contribution is 0.104. The van der Waals surface area contributed by atoms with E-state index in [1.54, 1.807) is 18.2 Å². The van der Waals surface area contributed by atoms with E-state index in [4.69, 9.17) is 23.2 Å². The zero-order chi connectivity index (χ0) is 12.2. The van der Waals surface area contributed by atoms with Crippen LogP contribution in [-0.2, 0) is 0 Å². The van der Waals surface area contributed by atoms with Crippen molar-refractivity contribution in [3.8, 4) is 11.1 Å². The molecule has 17 heavy (non-hydrogen) atoms. The fourth-order valence-corrected chi connectivity index (χ4v) is 3.58. The summed E-state index contributed by atoms with van der Waals surface area (Å²) in [4.78, 5) is 12.2. The van der Waals surface area contributed by atoms with Crippen molar-refractivity contribution in [3.05, 3.63) is 55.1 Å². The molecule has 0 fully saturated rings. The summed E-state index contributed by atoms with van der Waals surface area (Å²) in [5.41, 5.74) is 3.23. The number of fused-ring (bicyclic) bond motifs is 3. The molecule has 2 aromatic carbocycles. The van der Waals surface area contributed by atoms with Crippen LogP contribution in [0.2, 0.25) is 10.0 Å². The Morgan fingerprint density at radius 2 is 1.59 bits per heavy atom. The van der Waals surface area contributed by atoms with E-state index >= 15 is 0 Å². The monoisotopic (exact) mass is 374 g/mol. The van der Waals surface area contributed by atoms with Gasteiger partial charge in [-0.25, -0.2) is 0 Å². The first-order valence-corrected chi connectivity index (χ1v) is 6.75. The van der Waals surface area contributed by atoms with Gasteiger partial charge in [0.25, 0.3) is 0 Å². The maximum absolute atomic E-state index is 12.2. The lowest BCUT2D eigenvalue weighted by atomic mass is 10.1. The minimum Gasteiger partial charge on any atom is -0.289 e. The number of ketones is 1. The van der Waals surface area contributed by atoms with Crippen LogP contribution >= 0.6 is 45.8 Å². The first-order valence-electron chi connectivity index (χ1n) is 4.91. The molecule has 1 aliphatic carbocycles. The molecule has 1 nitrogen and oxygen atoms in total. The van der Waals surface area contributed by atoms with Crippen molar-refractivity contribution in [2.75, 3.05) is 0 Å². The van der Waals surface area contributed by atoms with E-state index in [9.17, 15) is 4.79 Å². The average Bonchev–Trinajstić information content (AvgIpc) is 2.53. The molecule has 0 atom stereocenters. The van der Waals surface area contributed by atoms with Gasteiger partial charge in [-0.3, -0.25) is 4.79 Å². The number of hydrogen-bond acceptors (Lipinski definition) is 1. The van der Waals surface area contributed by atoms with E-state index in [1.165, 1.54) is 0 Å². The number of halogens is 3. The van der Waals surface area contributed by atoms with E-state index in [0.29, 0.717) is 21.2 Å². The predicted molar refractivity (Wildman–Crippen MR) is 78.0 cm³/mol. The summed E-state index contributed by atoms with van der Waals surface area (Å²) in [6.45, 7) is 0. The van der Waals surface area contributed by atoms with Crippen LogP contribution in [0, 0.1) is 3.57 Å². The van der Waals surface area contributed by atoms with Gasteiger partial charge in [0.1, 0.15) is 0 Å². The maximum atomic E-state index is 12.2. The summed E-state index contributed by atoms with van der Waals surface area (Å²) in [6, 6.07) is 8.97. The van der Waals surface area contributed by atoms with Crippen LogP contribution in [0.5, 0.6) is 0 Å². The van der Waals surface area contributed by atoms with E-state index < -0.39 is 0 Å². The third-order valence-electron chi connectivity index (χ3n) is 2.80. The molecule has 2 aromatic rings. The van der Waals surface area contributed by atoms with Gasteiger partial charge in [0.2, 0.25) is 0 Å². The molecule has 0 saturated carbocycles. The highest BCUT2D eigenvalue weighted by Gasteiger charge is 2.28. The van der Waals surface area contributed by atoms with Gasteiger partial charge >= 0.3 is 0 Å². The lowest BCUT2D eigenvalue weighted by Gasteiger charge is -2.03. The molecule has 0 saturated heterocycles. The van der Waals surface area contributed by atoms with Crippen LogP contribution in [0.15, 0.2) is 30.3 Å². The van der Waals surface area contributed by atoms with Gasteiger partial charge in [-0.1, -0.05) is 29.3 Å². The third kappa shape index (κ3) is 1.70. The smallest absolute Gasteiger partial charge is 0.194 e. The molecular formula is C13H5Cl2IO. The Morgan fingerprint density at radius 1 is 0.882 bits per heavy atom. The van der Waals surface area contributed by atoms with E-state index in [1.807, 2.05) is 12.1 Å². The average molecular weight is 375 g/mol. The lowest BCUT2D eigenvalue weighted by Crippen LogP contribution is -1.95.